The van der Waals surface area contributed by atoms with Gasteiger partial charge in [0, 0.05) is 11.0 Å². The van der Waals surface area contributed by atoms with Gasteiger partial charge >= 0.3 is 0 Å². The number of benzene rings is 2. The molecule has 0 fully saturated rings. The SMILES string of the molecule is C=C(c1ccc(OC)cc1)c1ccc2ccccc2n1. The standard InChI is InChI=1S/C18H15NO/c1-13(14-7-10-16(20-2)11-8-14)17-12-9-15-5-3-4-6-18(15)19-17/h3-12H,1H2,2H3. The first-order valence-electron chi connectivity index (χ1n) is 6.47. The molecule has 0 N–H and O–H groups in total. The molecule has 2 nitrogen and oxygen atoms in total. The van der Waals surface area contributed by atoms with Gasteiger partial charge in [-0.1, -0.05) is 43.0 Å². The van der Waals surface area contributed by atoms with Crippen molar-refractivity contribution in [2.45, 2.75) is 0 Å². The second-order valence-corrected chi connectivity index (χ2v) is 4.60. The molecule has 1 heterocycles. The number of aromatic nitrogens is 1. The summed E-state index contributed by atoms with van der Waals surface area (Å²) in [5.74, 6) is 0.841. The fourth-order valence-corrected chi connectivity index (χ4v) is 2.17. The number of hydrogen-bond donors (Lipinski definition) is 0. The van der Waals surface area contributed by atoms with Crippen LogP contribution in [0.4, 0.5) is 0 Å². The smallest absolute Gasteiger partial charge is 0.118 e. The molecule has 0 unspecified atom stereocenters. The van der Waals surface area contributed by atoms with Gasteiger partial charge in [0.2, 0.25) is 0 Å². The quantitative estimate of drug-likeness (QED) is 0.701. The van der Waals surface area contributed by atoms with Gasteiger partial charge in [0.1, 0.15) is 5.75 Å². The Kier molecular flexibility index (Phi) is 3.21. The molecule has 20 heavy (non-hydrogen) atoms. The van der Waals surface area contributed by atoms with Crippen molar-refractivity contribution in [3.63, 3.8) is 0 Å². The van der Waals surface area contributed by atoms with Gasteiger partial charge in [-0.2, -0.15) is 0 Å². The van der Waals surface area contributed by atoms with E-state index in [0.29, 0.717) is 0 Å². The predicted molar refractivity (Wildman–Crippen MR) is 82.9 cm³/mol. The molecular weight excluding hydrogens is 246 g/mol. The molecule has 2 aromatic carbocycles. The largest absolute Gasteiger partial charge is 0.497 e. The van der Waals surface area contributed by atoms with Crippen LogP contribution in [0.5, 0.6) is 5.75 Å². The molecule has 0 saturated heterocycles. The van der Waals surface area contributed by atoms with E-state index in [0.717, 1.165) is 33.5 Å². The Hall–Kier alpha value is -2.61. The van der Waals surface area contributed by atoms with Crippen LogP contribution in [-0.2, 0) is 0 Å². The number of para-hydroxylation sites is 1. The van der Waals surface area contributed by atoms with Crippen LogP contribution in [-0.4, -0.2) is 12.1 Å². The van der Waals surface area contributed by atoms with Gasteiger partial charge in [-0.3, -0.25) is 0 Å². The van der Waals surface area contributed by atoms with Crippen LogP contribution >= 0.6 is 0 Å². The lowest BCUT2D eigenvalue weighted by atomic mass is 10.0. The molecule has 0 bridgehead atoms. The normalized spacial score (nSPS) is 10.4. The maximum Gasteiger partial charge on any atom is 0.118 e. The van der Waals surface area contributed by atoms with Crippen LogP contribution in [0.25, 0.3) is 16.5 Å². The summed E-state index contributed by atoms with van der Waals surface area (Å²) >= 11 is 0. The van der Waals surface area contributed by atoms with Crippen LogP contribution in [0.3, 0.4) is 0 Å². The minimum absolute atomic E-state index is 0.841. The van der Waals surface area contributed by atoms with Gasteiger partial charge in [0.15, 0.2) is 0 Å². The van der Waals surface area contributed by atoms with Crippen LogP contribution < -0.4 is 4.74 Å². The average Bonchev–Trinajstić information content (AvgIpc) is 2.54. The molecule has 0 amide bonds. The Morgan fingerprint density at radius 1 is 0.950 bits per heavy atom. The summed E-state index contributed by atoms with van der Waals surface area (Å²) in [5.41, 5.74) is 3.85. The fraction of sp³-hybridized carbons (Fsp3) is 0.0556. The van der Waals surface area contributed by atoms with Gasteiger partial charge < -0.3 is 4.74 Å². The van der Waals surface area contributed by atoms with Gasteiger partial charge in [-0.25, -0.2) is 4.98 Å². The van der Waals surface area contributed by atoms with Gasteiger partial charge in [-0.15, -0.1) is 0 Å². The predicted octanol–water partition coefficient (Wildman–Crippen LogP) is 4.30. The van der Waals surface area contributed by atoms with Gasteiger partial charge in [0.05, 0.1) is 18.3 Å². The number of pyridine rings is 1. The van der Waals surface area contributed by atoms with E-state index >= 15 is 0 Å². The van der Waals surface area contributed by atoms with E-state index in [4.69, 9.17) is 4.74 Å². The number of ether oxygens (including phenoxy) is 1. The molecule has 2 heteroatoms. The topological polar surface area (TPSA) is 22.1 Å². The third-order valence-corrected chi connectivity index (χ3v) is 3.35. The average molecular weight is 261 g/mol. The number of nitrogens with zero attached hydrogens (tertiary/aromatic N) is 1. The highest BCUT2D eigenvalue weighted by Crippen LogP contribution is 2.24. The first-order chi connectivity index (χ1) is 9.78. The van der Waals surface area contributed by atoms with Crippen LogP contribution in [0.1, 0.15) is 11.3 Å². The summed E-state index contributed by atoms with van der Waals surface area (Å²) < 4.78 is 5.17. The van der Waals surface area contributed by atoms with E-state index in [2.05, 4.69) is 23.7 Å². The maximum absolute atomic E-state index is 5.17. The third-order valence-electron chi connectivity index (χ3n) is 3.35. The highest BCUT2D eigenvalue weighted by atomic mass is 16.5. The van der Waals surface area contributed by atoms with Crippen LogP contribution in [0.2, 0.25) is 0 Å². The Balaban J connectivity index is 1.98. The maximum atomic E-state index is 5.17. The number of methoxy groups -OCH3 is 1. The van der Waals surface area contributed by atoms with E-state index in [1.807, 2.05) is 48.5 Å². The van der Waals surface area contributed by atoms with Crippen molar-refractivity contribution in [1.29, 1.82) is 0 Å². The number of rotatable bonds is 3. The molecule has 0 atom stereocenters. The first-order valence-corrected chi connectivity index (χ1v) is 6.47. The summed E-state index contributed by atoms with van der Waals surface area (Å²) in [4.78, 5) is 4.66. The molecule has 0 saturated carbocycles. The van der Waals surface area contributed by atoms with Crippen molar-refractivity contribution >= 4 is 16.5 Å². The minimum atomic E-state index is 0.841. The van der Waals surface area contributed by atoms with E-state index in [1.54, 1.807) is 7.11 Å². The van der Waals surface area contributed by atoms with Crippen molar-refractivity contribution in [2.24, 2.45) is 0 Å². The zero-order valence-electron chi connectivity index (χ0n) is 11.3. The summed E-state index contributed by atoms with van der Waals surface area (Å²) in [7, 11) is 1.66. The minimum Gasteiger partial charge on any atom is -0.497 e. The van der Waals surface area contributed by atoms with E-state index < -0.39 is 0 Å². The lowest BCUT2D eigenvalue weighted by Crippen LogP contribution is -1.91. The van der Waals surface area contributed by atoms with Crippen LogP contribution in [0.15, 0.2) is 67.2 Å². The van der Waals surface area contributed by atoms with Crippen LogP contribution in [0, 0.1) is 0 Å². The van der Waals surface area contributed by atoms with Crippen molar-refractivity contribution in [3.8, 4) is 5.75 Å². The van der Waals surface area contributed by atoms with Crippen molar-refractivity contribution < 1.29 is 4.74 Å². The van der Waals surface area contributed by atoms with E-state index in [9.17, 15) is 0 Å². The van der Waals surface area contributed by atoms with Crippen molar-refractivity contribution in [1.82, 2.24) is 4.98 Å². The lowest BCUT2D eigenvalue weighted by molar-refractivity contribution is 0.415. The molecule has 0 aliphatic carbocycles. The Bertz CT molecular complexity index is 760. The monoisotopic (exact) mass is 261 g/mol. The van der Waals surface area contributed by atoms with E-state index in [-0.39, 0.29) is 0 Å². The zero-order valence-corrected chi connectivity index (χ0v) is 11.3. The van der Waals surface area contributed by atoms with Gasteiger partial charge in [0.25, 0.3) is 0 Å². The molecule has 1 aromatic heterocycles. The van der Waals surface area contributed by atoms with Gasteiger partial charge in [-0.05, 0) is 29.8 Å². The summed E-state index contributed by atoms with van der Waals surface area (Å²) in [5, 5.41) is 1.14. The zero-order chi connectivity index (χ0) is 13.9. The highest BCUT2D eigenvalue weighted by molar-refractivity contribution is 5.83. The van der Waals surface area contributed by atoms with Crippen molar-refractivity contribution in [2.75, 3.05) is 7.11 Å². The second kappa shape index (κ2) is 5.17. The second-order valence-electron chi connectivity index (χ2n) is 4.60. The summed E-state index contributed by atoms with van der Waals surface area (Å²) in [6, 6.07) is 20.0. The highest BCUT2D eigenvalue weighted by Gasteiger charge is 2.05. The Morgan fingerprint density at radius 2 is 1.70 bits per heavy atom. The number of fused-ring (bicyclic) bond motifs is 1. The van der Waals surface area contributed by atoms with Crippen molar-refractivity contribution in [3.05, 3.63) is 78.5 Å². The fourth-order valence-electron chi connectivity index (χ4n) is 2.17. The third kappa shape index (κ3) is 2.28. The molecule has 0 radical (unpaired) electrons. The molecule has 0 spiro atoms. The van der Waals surface area contributed by atoms with E-state index in [1.165, 1.54) is 0 Å². The summed E-state index contributed by atoms with van der Waals surface area (Å²) in [6.07, 6.45) is 0. The first kappa shape index (κ1) is 12.4. The Labute approximate surface area is 118 Å². The Morgan fingerprint density at radius 3 is 2.45 bits per heavy atom. The molecule has 3 rings (SSSR count). The lowest BCUT2D eigenvalue weighted by Gasteiger charge is -2.08. The summed E-state index contributed by atoms with van der Waals surface area (Å²) in [6.45, 7) is 4.15. The molecular formula is C18H15NO. The molecule has 0 aliphatic rings. The molecule has 0 aliphatic heterocycles. The molecule has 3 aromatic rings. The molecule has 98 valence electrons. The number of hydrogen-bond acceptors (Lipinski definition) is 2.